The van der Waals surface area contributed by atoms with E-state index in [0.29, 0.717) is 4.34 Å². The highest BCUT2D eigenvalue weighted by molar-refractivity contribution is 8.06. The number of thiazole rings is 2. The Morgan fingerprint density at radius 2 is 2.12 bits per heavy atom. The summed E-state index contributed by atoms with van der Waals surface area (Å²) < 4.78 is 0.305. The van der Waals surface area contributed by atoms with Gasteiger partial charge in [-0.3, -0.25) is 14.4 Å². The van der Waals surface area contributed by atoms with Crippen LogP contribution in [0, 0.1) is 0 Å². The number of anilines is 1. The zero-order chi connectivity index (χ0) is 24.0. The van der Waals surface area contributed by atoms with E-state index < -0.39 is 33.9 Å². The molecular formula is C19H16N6O5S4. The van der Waals surface area contributed by atoms with Crippen molar-refractivity contribution >= 4 is 85.0 Å². The molecule has 2 unspecified atom stereocenters. The van der Waals surface area contributed by atoms with E-state index in [9.17, 15) is 24.7 Å². The standard InChI is InChI=1S/C19H16N6O5S4/c20-17-21-9(5-31-17)11(24-30)13(26)23-12-14(27)25-6-19(16(28)29,7-32-15(12)25)34-18-22-8-3-1-2-4-10(8)33-18/h1-5,12,15,30H,6-7H2,(H2,20,21)(H,23,26)(H,28,29)/t12?,15-,19?/m1/s1. The van der Waals surface area contributed by atoms with Crippen LogP contribution in [0.25, 0.3) is 10.2 Å². The number of fused-ring (bicyclic) bond motifs is 2. The molecule has 3 atom stereocenters. The summed E-state index contributed by atoms with van der Waals surface area (Å²) in [5.41, 5.74) is 6.10. The van der Waals surface area contributed by atoms with Gasteiger partial charge >= 0.3 is 5.97 Å². The van der Waals surface area contributed by atoms with Crippen molar-refractivity contribution in [2.45, 2.75) is 20.5 Å². The van der Waals surface area contributed by atoms with Crippen LogP contribution in [0.3, 0.4) is 0 Å². The van der Waals surface area contributed by atoms with Gasteiger partial charge in [0.2, 0.25) is 5.91 Å². The van der Waals surface area contributed by atoms with Crippen LogP contribution in [0.4, 0.5) is 5.13 Å². The molecule has 5 rings (SSSR count). The summed E-state index contributed by atoms with van der Waals surface area (Å²) in [6.45, 7) is -0.0185. The molecule has 11 nitrogen and oxygen atoms in total. The van der Waals surface area contributed by atoms with Crippen molar-refractivity contribution in [1.82, 2.24) is 20.2 Å². The Balaban J connectivity index is 1.29. The molecule has 2 amide bonds. The summed E-state index contributed by atoms with van der Waals surface area (Å²) in [5, 5.41) is 26.1. The van der Waals surface area contributed by atoms with Crippen LogP contribution in [0.2, 0.25) is 0 Å². The van der Waals surface area contributed by atoms with Gasteiger partial charge in [0.05, 0.1) is 10.2 Å². The number of carbonyl (C=O) groups is 3. The Morgan fingerprint density at radius 3 is 2.79 bits per heavy atom. The second-order valence-corrected chi connectivity index (χ2v) is 12.1. The van der Waals surface area contributed by atoms with E-state index >= 15 is 0 Å². The van der Waals surface area contributed by atoms with Crippen LogP contribution in [0.5, 0.6) is 0 Å². The number of hydrogen-bond acceptors (Lipinski definition) is 12. The SMILES string of the molecule is Nc1nc(C(=NO)C(=O)NC2C(=O)N3CC(Sc4nc5ccccc5s4)(C(=O)O)CS[C@H]23)cs1. The van der Waals surface area contributed by atoms with Crippen LogP contribution in [0.15, 0.2) is 39.1 Å². The highest BCUT2D eigenvalue weighted by atomic mass is 32.2. The maximum Gasteiger partial charge on any atom is 0.322 e. The average Bonchev–Trinajstić information content (AvgIpc) is 3.43. The summed E-state index contributed by atoms with van der Waals surface area (Å²) >= 11 is 4.91. The molecule has 2 aliphatic rings. The predicted molar refractivity (Wildman–Crippen MR) is 131 cm³/mol. The molecule has 2 saturated heterocycles. The number of nitrogens with zero attached hydrogens (tertiary/aromatic N) is 4. The number of carboxylic acid groups (broad SMARTS) is 1. The van der Waals surface area contributed by atoms with Gasteiger partial charge in [0.15, 0.2) is 15.2 Å². The number of hydrogen-bond donors (Lipinski definition) is 4. The number of oxime groups is 1. The Kier molecular flexibility index (Phi) is 5.87. The van der Waals surface area contributed by atoms with Crippen molar-refractivity contribution < 1.29 is 24.7 Å². The minimum absolute atomic E-state index is 0.0185. The van der Waals surface area contributed by atoms with E-state index in [-0.39, 0.29) is 28.8 Å². The molecule has 0 aliphatic carbocycles. The normalized spacial score (nSPS) is 24.5. The first-order valence-electron chi connectivity index (χ1n) is 9.76. The van der Waals surface area contributed by atoms with Crippen LogP contribution >= 0.6 is 46.2 Å². The third-order valence-electron chi connectivity index (χ3n) is 5.37. The van der Waals surface area contributed by atoms with Crippen molar-refractivity contribution in [3.63, 3.8) is 0 Å². The molecule has 34 heavy (non-hydrogen) atoms. The fourth-order valence-corrected chi connectivity index (χ4v) is 8.43. The number of amides is 2. The number of para-hydroxylation sites is 1. The van der Waals surface area contributed by atoms with Gasteiger partial charge in [-0.25, -0.2) is 9.97 Å². The van der Waals surface area contributed by atoms with Crippen LogP contribution < -0.4 is 11.1 Å². The number of thioether (sulfide) groups is 2. The minimum atomic E-state index is -1.27. The largest absolute Gasteiger partial charge is 0.480 e. The number of benzene rings is 1. The highest BCUT2D eigenvalue weighted by Crippen LogP contribution is 2.47. The molecule has 0 spiro atoms. The number of aromatic nitrogens is 2. The van der Waals surface area contributed by atoms with Gasteiger partial charge in [0, 0.05) is 17.7 Å². The molecule has 0 radical (unpaired) electrons. The second kappa shape index (κ2) is 8.72. The summed E-state index contributed by atoms with van der Waals surface area (Å²) in [4.78, 5) is 47.6. The fourth-order valence-electron chi connectivity index (χ4n) is 3.67. The van der Waals surface area contributed by atoms with Gasteiger partial charge in [-0.05, 0) is 12.1 Å². The topological polar surface area (TPSA) is 171 Å². The molecule has 176 valence electrons. The van der Waals surface area contributed by atoms with Gasteiger partial charge in [-0.1, -0.05) is 29.1 Å². The van der Waals surface area contributed by atoms with E-state index in [4.69, 9.17) is 5.73 Å². The van der Waals surface area contributed by atoms with Gasteiger partial charge in [0.25, 0.3) is 5.91 Å². The average molecular weight is 537 g/mol. The molecule has 3 aromatic rings. The Hall–Kier alpha value is -2.88. The molecule has 0 saturated carbocycles. The second-order valence-electron chi connectivity index (χ2n) is 7.49. The summed E-state index contributed by atoms with van der Waals surface area (Å²) in [6.07, 6.45) is 0. The van der Waals surface area contributed by atoms with Crippen LogP contribution in [-0.2, 0) is 14.4 Å². The number of carbonyl (C=O) groups excluding carboxylic acids is 2. The number of nitrogens with one attached hydrogen (secondary N) is 1. The van der Waals surface area contributed by atoms with Gasteiger partial charge in [0.1, 0.15) is 21.9 Å². The first-order chi connectivity index (χ1) is 16.3. The van der Waals surface area contributed by atoms with Crippen molar-refractivity contribution in [2.75, 3.05) is 18.0 Å². The molecule has 2 fully saturated rings. The van der Waals surface area contributed by atoms with Crippen LogP contribution in [-0.4, -0.2) is 77.1 Å². The molecular weight excluding hydrogens is 521 g/mol. The quantitative estimate of drug-likeness (QED) is 0.157. The molecule has 4 heterocycles. The smallest absolute Gasteiger partial charge is 0.322 e. The van der Waals surface area contributed by atoms with Crippen molar-refractivity contribution in [2.24, 2.45) is 5.16 Å². The monoisotopic (exact) mass is 536 g/mol. The number of β-lactam (4-membered cyclic amide) rings is 1. The van der Waals surface area contributed by atoms with E-state index in [1.54, 1.807) is 0 Å². The number of aliphatic carboxylic acids is 1. The van der Waals surface area contributed by atoms with E-state index in [0.717, 1.165) is 33.3 Å². The molecule has 1 aromatic carbocycles. The number of nitrogens with two attached hydrogens (primary N) is 1. The zero-order valence-electron chi connectivity index (χ0n) is 17.1. The van der Waals surface area contributed by atoms with Gasteiger partial charge < -0.3 is 26.3 Å². The zero-order valence-corrected chi connectivity index (χ0v) is 20.3. The molecule has 15 heteroatoms. The minimum Gasteiger partial charge on any atom is -0.480 e. The first kappa shape index (κ1) is 22.9. The fraction of sp³-hybridized carbons (Fsp3) is 0.263. The lowest BCUT2D eigenvalue weighted by Crippen LogP contribution is -2.74. The molecule has 2 aliphatic heterocycles. The van der Waals surface area contributed by atoms with Crippen molar-refractivity contribution in [1.29, 1.82) is 0 Å². The Bertz CT molecular complexity index is 1310. The third kappa shape index (κ3) is 3.87. The lowest BCUT2D eigenvalue weighted by Gasteiger charge is -2.53. The van der Waals surface area contributed by atoms with Crippen LogP contribution in [0.1, 0.15) is 5.69 Å². The Labute approximate surface area is 208 Å². The molecule has 0 bridgehead atoms. The third-order valence-corrected chi connectivity index (χ3v) is 10.2. The maximum absolute atomic E-state index is 12.8. The van der Waals surface area contributed by atoms with E-state index in [2.05, 4.69) is 20.4 Å². The predicted octanol–water partition coefficient (Wildman–Crippen LogP) is 1.53. The molecule has 5 N–H and O–H groups in total. The highest BCUT2D eigenvalue weighted by Gasteiger charge is 2.58. The summed E-state index contributed by atoms with van der Waals surface area (Å²) in [7, 11) is 0. The number of rotatable bonds is 6. The van der Waals surface area contributed by atoms with Crippen molar-refractivity contribution in [3.8, 4) is 0 Å². The van der Waals surface area contributed by atoms with Crippen molar-refractivity contribution in [3.05, 3.63) is 35.3 Å². The first-order valence-corrected chi connectivity index (χ1v) is 13.3. The molecule has 2 aromatic heterocycles. The Morgan fingerprint density at radius 1 is 1.32 bits per heavy atom. The van der Waals surface area contributed by atoms with Gasteiger partial charge in [-0.2, -0.15) is 0 Å². The number of carboxylic acids is 1. The van der Waals surface area contributed by atoms with E-state index in [1.807, 2.05) is 24.3 Å². The summed E-state index contributed by atoms with van der Waals surface area (Å²) in [6, 6.07) is 6.68. The lowest BCUT2D eigenvalue weighted by molar-refractivity contribution is -0.151. The lowest BCUT2D eigenvalue weighted by atomic mass is 10.0. The summed E-state index contributed by atoms with van der Waals surface area (Å²) in [5.74, 6) is -1.99. The number of nitrogen functional groups attached to an aromatic ring is 1. The maximum atomic E-state index is 12.8. The van der Waals surface area contributed by atoms with E-state index in [1.165, 1.54) is 33.4 Å². The van der Waals surface area contributed by atoms with Gasteiger partial charge in [-0.15, -0.1) is 34.4 Å².